The number of hydrogen-bond donors (Lipinski definition) is 0. The molecular formula is C19H31N3O2S. The standard InChI is InChI=1S/C19H31N3O2S/c1-20(2)25(23,24)22-14-10-18(11-15-22)19-9-13-21(16-19)12-8-17-6-4-3-5-7-17/h3-7,18-19H,8-16H2,1-2H3/t19-/m1/s1. The van der Waals surface area contributed by atoms with E-state index in [1.54, 1.807) is 18.4 Å². The molecule has 25 heavy (non-hydrogen) atoms. The Labute approximate surface area is 152 Å². The highest BCUT2D eigenvalue weighted by Crippen LogP contribution is 2.32. The zero-order valence-electron chi connectivity index (χ0n) is 15.5. The molecule has 3 rings (SSSR count). The van der Waals surface area contributed by atoms with E-state index in [9.17, 15) is 8.42 Å². The smallest absolute Gasteiger partial charge is 0.281 e. The van der Waals surface area contributed by atoms with Crippen molar-refractivity contribution in [1.82, 2.24) is 13.5 Å². The second kappa shape index (κ2) is 8.16. The van der Waals surface area contributed by atoms with Crippen molar-refractivity contribution in [3.63, 3.8) is 0 Å². The van der Waals surface area contributed by atoms with E-state index in [2.05, 4.69) is 35.2 Å². The third-order valence-electron chi connectivity index (χ3n) is 5.82. The lowest BCUT2D eigenvalue weighted by atomic mass is 9.84. The minimum Gasteiger partial charge on any atom is -0.303 e. The van der Waals surface area contributed by atoms with Crippen molar-refractivity contribution in [1.29, 1.82) is 0 Å². The largest absolute Gasteiger partial charge is 0.303 e. The Morgan fingerprint density at radius 3 is 2.28 bits per heavy atom. The molecule has 1 aromatic carbocycles. The molecule has 5 nitrogen and oxygen atoms in total. The molecule has 0 aromatic heterocycles. The van der Waals surface area contributed by atoms with Gasteiger partial charge in [-0.15, -0.1) is 0 Å². The summed E-state index contributed by atoms with van der Waals surface area (Å²) >= 11 is 0. The van der Waals surface area contributed by atoms with Crippen molar-refractivity contribution in [2.24, 2.45) is 11.8 Å². The van der Waals surface area contributed by atoms with Gasteiger partial charge < -0.3 is 4.90 Å². The molecule has 0 bridgehead atoms. The van der Waals surface area contributed by atoms with Gasteiger partial charge in [-0.05, 0) is 49.6 Å². The van der Waals surface area contributed by atoms with Crippen LogP contribution in [0.15, 0.2) is 30.3 Å². The quantitative estimate of drug-likeness (QED) is 0.775. The maximum absolute atomic E-state index is 12.2. The Hall–Kier alpha value is -0.950. The molecule has 2 aliphatic rings. The second-order valence-electron chi connectivity index (χ2n) is 7.61. The first kappa shape index (κ1) is 18.8. The minimum atomic E-state index is -3.24. The lowest BCUT2D eigenvalue weighted by Gasteiger charge is -2.35. The summed E-state index contributed by atoms with van der Waals surface area (Å²) in [5, 5.41) is 0. The second-order valence-corrected chi connectivity index (χ2v) is 9.75. The van der Waals surface area contributed by atoms with Crippen LogP contribution < -0.4 is 0 Å². The molecule has 2 heterocycles. The average Bonchev–Trinajstić information content (AvgIpc) is 3.10. The molecule has 0 radical (unpaired) electrons. The van der Waals surface area contributed by atoms with Crippen molar-refractivity contribution in [3.05, 3.63) is 35.9 Å². The van der Waals surface area contributed by atoms with Crippen LogP contribution in [0, 0.1) is 11.8 Å². The average molecular weight is 366 g/mol. The SMILES string of the molecule is CN(C)S(=O)(=O)N1CCC([C@@H]2CCN(CCc3ccccc3)C2)CC1. The van der Waals surface area contributed by atoms with Crippen molar-refractivity contribution >= 4 is 10.2 Å². The van der Waals surface area contributed by atoms with E-state index in [1.165, 1.54) is 29.4 Å². The number of hydrogen-bond acceptors (Lipinski definition) is 3. The van der Waals surface area contributed by atoms with E-state index >= 15 is 0 Å². The molecule has 0 spiro atoms. The van der Waals surface area contributed by atoms with Crippen LogP contribution in [0.2, 0.25) is 0 Å². The molecular weight excluding hydrogens is 334 g/mol. The molecule has 2 aliphatic heterocycles. The van der Waals surface area contributed by atoms with E-state index in [-0.39, 0.29) is 0 Å². The highest BCUT2D eigenvalue weighted by atomic mass is 32.2. The molecule has 0 aliphatic carbocycles. The van der Waals surface area contributed by atoms with Gasteiger partial charge in [0.15, 0.2) is 0 Å². The first-order chi connectivity index (χ1) is 12.0. The first-order valence-electron chi connectivity index (χ1n) is 9.40. The number of likely N-dealkylation sites (tertiary alicyclic amines) is 1. The normalized spacial score (nSPS) is 24.2. The summed E-state index contributed by atoms with van der Waals surface area (Å²) < 4.78 is 27.4. The Morgan fingerprint density at radius 2 is 1.64 bits per heavy atom. The lowest BCUT2D eigenvalue weighted by Crippen LogP contribution is -2.45. The van der Waals surface area contributed by atoms with Gasteiger partial charge in [0, 0.05) is 40.3 Å². The molecule has 1 atom stereocenters. The summed E-state index contributed by atoms with van der Waals surface area (Å²) in [5.74, 6) is 1.41. The van der Waals surface area contributed by atoms with Gasteiger partial charge in [0.2, 0.25) is 0 Å². The lowest BCUT2D eigenvalue weighted by molar-refractivity contribution is 0.199. The summed E-state index contributed by atoms with van der Waals surface area (Å²) in [5.41, 5.74) is 1.41. The van der Waals surface area contributed by atoms with E-state index in [0.29, 0.717) is 19.0 Å². The molecule has 0 saturated carbocycles. The monoisotopic (exact) mass is 365 g/mol. The van der Waals surface area contributed by atoms with Gasteiger partial charge >= 0.3 is 0 Å². The predicted octanol–water partition coefficient (Wildman–Crippen LogP) is 2.07. The Kier molecular flexibility index (Phi) is 6.15. The third-order valence-corrected chi connectivity index (χ3v) is 7.76. The molecule has 2 saturated heterocycles. The number of rotatable bonds is 6. The summed E-state index contributed by atoms with van der Waals surface area (Å²) in [4.78, 5) is 2.58. The van der Waals surface area contributed by atoms with Crippen molar-refractivity contribution in [2.75, 3.05) is 46.8 Å². The molecule has 1 aromatic rings. The molecule has 140 valence electrons. The summed E-state index contributed by atoms with van der Waals surface area (Å²) in [7, 11) is -0.0125. The summed E-state index contributed by atoms with van der Waals surface area (Å²) in [6.07, 6.45) is 4.39. The fourth-order valence-electron chi connectivity index (χ4n) is 4.19. The third kappa shape index (κ3) is 4.61. The van der Waals surface area contributed by atoms with Crippen LogP contribution in [0.25, 0.3) is 0 Å². The molecule has 0 amide bonds. The minimum absolute atomic E-state index is 0.672. The fourth-order valence-corrected chi connectivity index (χ4v) is 5.33. The van der Waals surface area contributed by atoms with Gasteiger partial charge in [0.25, 0.3) is 10.2 Å². The van der Waals surface area contributed by atoms with E-state index in [0.717, 1.165) is 31.7 Å². The molecule has 0 N–H and O–H groups in total. The van der Waals surface area contributed by atoms with Gasteiger partial charge in [-0.3, -0.25) is 0 Å². The topological polar surface area (TPSA) is 43.9 Å². The van der Waals surface area contributed by atoms with Crippen LogP contribution in [0.1, 0.15) is 24.8 Å². The van der Waals surface area contributed by atoms with Crippen molar-refractivity contribution < 1.29 is 8.42 Å². The molecule has 2 fully saturated rings. The maximum atomic E-state index is 12.2. The van der Waals surface area contributed by atoms with Gasteiger partial charge in [0.1, 0.15) is 0 Å². The zero-order valence-corrected chi connectivity index (χ0v) is 16.3. The Balaban J connectivity index is 1.44. The van der Waals surface area contributed by atoms with Crippen molar-refractivity contribution in [2.45, 2.75) is 25.7 Å². The Bertz CT molecular complexity index is 640. The van der Waals surface area contributed by atoms with Gasteiger partial charge in [0.05, 0.1) is 0 Å². The van der Waals surface area contributed by atoms with E-state index in [4.69, 9.17) is 0 Å². The maximum Gasteiger partial charge on any atom is 0.281 e. The van der Waals surface area contributed by atoms with Gasteiger partial charge in [-0.1, -0.05) is 30.3 Å². The molecule has 0 unspecified atom stereocenters. The fraction of sp³-hybridized carbons (Fsp3) is 0.684. The van der Waals surface area contributed by atoms with Crippen LogP contribution >= 0.6 is 0 Å². The zero-order chi connectivity index (χ0) is 17.9. The molecule has 6 heteroatoms. The van der Waals surface area contributed by atoms with Crippen LogP contribution in [-0.4, -0.2) is 68.7 Å². The predicted molar refractivity (Wildman–Crippen MR) is 102 cm³/mol. The number of nitrogens with zero attached hydrogens (tertiary/aromatic N) is 3. The van der Waals surface area contributed by atoms with E-state index < -0.39 is 10.2 Å². The first-order valence-corrected chi connectivity index (χ1v) is 10.8. The highest BCUT2D eigenvalue weighted by Gasteiger charge is 2.35. The van der Waals surface area contributed by atoms with Crippen LogP contribution in [0.3, 0.4) is 0 Å². The van der Waals surface area contributed by atoms with Crippen LogP contribution in [0.5, 0.6) is 0 Å². The highest BCUT2D eigenvalue weighted by molar-refractivity contribution is 7.86. The van der Waals surface area contributed by atoms with Gasteiger partial charge in [-0.25, -0.2) is 0 Å². The van der Waals surface area contributed by atoms with Crippen LogP contribution in [-0.2, 0) is 16.6 Å². The summed E-state index contributed by atoms with van der Waals surface area (Å²) in [6, 6.07) is 10.7. The number of benzene rings is 1. The van der Waals surface area contributed by atoms with Crippen LogP contribution in [0.4, 0.5) is 0 Å². The number of piperidine rings is 1. The van der Waals surface area contributed by atoms with Gasteiger partial charge in [-0.2, -0.15) is 17.0 Å². The summed E-state index contributed by atoms with van der Waals surface area (Å²) in [6.45, 7) is 4.84. The Morgan fingerprint density at radius 1 is 1.00 bits per heavy atom. The van der Waals surface area contributed by atoms with E-state index in [1.807, 2.05) is 0 Å². The van der Waals surface area contributed by atoms with Crippen molar-refractivity contribution in [3.8, 4) is 0 Å².